The van der Waals surface area contributed by atoms with Gasteiger partial charge in [-0.1, -0.05) is 61.9 Å². The van der Waals surface area contributed by atoms with Crippen LogP contribution in [0.4, 0.5) is 0 Å². The van der Waals surface area contributed by atoms with Crippen LogP contribution in [0, 0.1) is 22.7 Å². The van der Waals surface area contributed by atoms with E-state index in [1.165, 1.54) is 11.1 Å². The number of fused-ring (bicyclic) bond motifs is 1. The molecule has 5 heteroatoms. The van der Waals surface area contributed by atoms with Crippen molar-refractivity contribution in [1.82, 2.24) is 5.32 Å². The van der Waals surface area contributed by atoms with Crippen LogP contribution in [0.15, 0.2) is 60.2 Å². The fourth-order valence-electron chi connectivity index (χ4n) is 6.31. The molecule has 4 nitrogen and oxygen atoms in total. The monoisotopic (exact) mass is 455 g/mol. The summed E-state index contributed by atoms with van der Waals surface area (Å²) in [6, 6.07) is 7.89. The lowest BCUT2D eigenvalue weighted by Gasteiger charge is -2.60. The van der Waals surface area contributed by atoms with Crippen molar-refractivity contribution in [2.75, 3.05) is 13.2 Å². The standard InChI is InChI=1S/C27H34ClNO3/c1-18-4-11-23-26(2,22(18)10-7-20-13-15-32-25(20)31)14-12-24(30)27(23,3)17-29-16-19-5-8-21(28)9-6-19/h5-10,13,22-24,29-30H,1,4,11-12,14-17H2,2-3H3/b10-7+/t22-,23+,24-,26+,27+/m1/s1. The van der Waals surface area contributed by atoms with Crippen LogP contribution in [0.25, 0.3) is 0 Å². The zero-order chi connectivity index (χ0) is 22.9. The lowest BCUT2D eigenvalue weighted by atomic mass is 9.46. The molecule has 2 aliphatic carbocycles. The molecule has 4 rings (SSSR count). The molecule has 0 radical (unpaired) electrons. The van der Waals surface area contributed by atoms with Gasteiger partial charge in [-0.25, -0.2) is 4.79 Å². The Bertz CT molecular complexity index is 937. The van der Waals surface area contributed by atoms with E-state index in [9.17, 15) is 9.90 Å². The van der Waals surface area contributed by atoms with Crippen molar-refractivity contribution in [3.05, 3.63) is 70.8 Å². The summed E-state index contributed by atoms with van der Waals surface area (Å²) in [5.41, 5.74) is 2.79. The number of esters is 1. The van der Waals surface area contributed by atoms with Gasteiger partial charge in [-0.05, 0) is 60.8 Å². The number of nitrogens with one attached hydrogen (secondary N) is 1. The van der Waals surface area contributed by atoms with Crippen LogP contribution in [0.2, 0.25) is 5.02 Å². The van der Waals surface area contributed by atoms with Crippen LogP contribution in [0.5, 0.6) is 0 Å². The molecule has 0 amide bonds. The molecule has 2 N–H and O–H groups in total. The second-order valence-electron chi connectivity index (χ2n) is 10.1. The summed E-state index contributed by atoms with van der Waals surface area (Å²) in [7, 11) is 0. The average Bonchev–Trinajstić information content (AvgIpc) is 3.17. The van der Waals surface area contributed by atoms with Gasteiger partial charge in [-0.15, -0.1) is 0 Å². The molecule has 1 aliphatic heterocycles. The third-order valence-corrected chi connectivity index (χ3v) is 8.44. The van der Waals surface area contributed by atoms with E-state index in [0.29, 0.717) is 18.1 Å². The van der Waals surface area contributed by atoms with Gasteiger partial charge in [0.15, 0.2) is 0 Å². The Morgan fingerprint density at radius 2 is 2.03 bits per heavy atom. The van der Waals surface area contributed by atoms with E-state index in [1.54, 1.807) is 0 Å². The molecule has 3 aliphatic rings. The van der Waals surface area contributed by atoms with Crippen molar-refractivity contribution in [2.45, 2.75) is 52.2 Å². The van der Waals surface area contributed by atoms with Gasteiger partial charge in [0.2, 0.25) is 0 Å². The predicted molar refractivity (Wildman–Crippen MR) is 128 cm³/mol. The number of carbonyl (C=O) groups excluding carboxylic acids is 1. The lowest BCUT2D eigenvalue weighted by molar-refractivity contribution is -0.135. The highest BCUT2D eigenvalue weighted by molar-refractivity contribution is 6.30. The minimum Gasteiger partial charge on any atom is -0.458 e. The largest absolute Gasteiger partial charge is 0.458 e. The average molecular weight is 456 g/mol. The Morgan fingerprint density at radius 1 is 1.28 bits per heavy atom. The van der Waals surface area contributed by atoms with Crippen LogP contribution in [0.3, 0.4) is 0 Å². The van der Waals surface area contributed by atoms with E-state index in [2.05, 4.69) is 31.8 Å². The zero-order valence-electron chi connectivity index (χ0n) is 19.1. The molecule has 0 saturated heterocycles. The predicted octanol–water partition coefficient (Wildman–Crippen LogP) is 5.22. The molecule has 2 fully saturated rings. The highest BCUT2D eigenvalue weighted by Gasteiger charge is 2.57. The van der Waals surface area contributed by atoms with Crippen molar-refractivity contribution in [2.24, 2.45) is 22.7 Å². The van der Waals surface area contributed by atoms with Crippen LogP contribution in [-0.2, 0) is 16.1 Å². The summed E-state index contributed by atoms with van der Waals surface area (Å²) in [5, 5.41) is 15.5. The lowest BCUT2D eigenvalue weighted by Crippen LogP contribution is -2.58. The van der Waals surface area contributed by atoms with Crippen LogP contribution in [0.1, 0.15) is 45.1 Å². The molecule has 1 aromatic carbocycles. The van der Waals surface area contributed by atoms with E-state index >= 15 is 0 Å². The molecular formula is C27H34ClNO3. The van der Waals surface area contributed by atoms with Gasteiger partial charge in [0.05, 0.1) is 11.7 Å². The van der Waals surface area contributed by atoms with Gasteiger partial charge in [-0.2, -0.15) is 0 Å². The molecule has 32 heavy (non-hydrogen) atoms. The Kier molecular flexibility index (Phi) is 6.67. The third-order valence-electron chi connectivity index (χ3n) is 8.18. The maximum Gasteiger partial charge on any atom is 0.338 e. The van der Waals surface area contributed by atoms with Gasteiger partial charge in [-0.3, -0.25) is 0 Å². The van der Waals surface area contributed by atoms with Gasteiger partial charge < -0.3 is 15.2 Å². The van der Waals surface area contributed by atoms with E-state index in [0.717, 1.165) is 43.8 Å². The number of benzene rings is 1. The summed E-state index contributed by atoms with van der Waals surface area (Å²) in [6.07, 6.45) is 9.25. The first-order chi connectivity index (χ1) is 15.2. The van der Waals surface area contributed by atoms with Crippen LogP contribution in [-0.4, -0.2) is 30.3 Å². The van der Waals surface area contributed by atoms with Crippen molar-refractivity contribution in [3.63, 3.8) is 0 Å². The van der Waals surface area contributed by atoms with Crippen molar-refractivity contribution in [1.29, 1.82) is 0 Å². The number of carbonyl (C=O) groups is 1. The van der Waals surface area contributed by atoms with Crippen molar-refractivity contribution in [3.8, 4) is 0 Å². The van der Waals surface area contributed by atoms with E-state index in [4.69, 9.17) is 16.3 Å². The first kappa shape index (κ1) is 23.3. The van der Waals surface area contributed by atoms with Gasteiger partial charge in [0.1, 0.15) is 6.61 Å². The number of hydrogen-bond acceptors (Lipinski definition) is 4. The molecule has 5 atom stereocenters. The van der Waals surface area contributed by atoms with Gasteiger partial charge in [0.25, 0.3) is 0 Å². The van der Waals surface area contributed by atoms with Crippen molar-refractivity contribution < 1.29 is 14.6 Å². The molecular weight excluding hydrogens is 422 g/mol. The summed E-state index contributed by atoms with van der Waals surface area (Å²) in [5.74, 6) is 0.277. The minimum absolute atomic E-state index is 0.00909. The Hall–Kier alpha value is -1.88. The second-order valence-corrected chi connectivity index (χ2v) is 10.6. The molecule has 1 heterocycles. The number of rotatable bonds is 6. The SMILES string of the molecule is C=C1CC[C@@H]2[C@](C)(CNCc3ccc(Cl)cc3)[C@H](O)CC[C@@]2(C)[C@@H]1/C=C/C1=CCOC1=O. The molecule has 0 aromatic heterocycles. The molecule has 0 bridgehead atoms. The number of halogens is 1. The maximum atomic E-state index is 11.9. The van der Waals surface area contributed by atoms with Gasteiger partial charge in [0, 0.05) is 29.4 Å². The number of aliphatic hydroxyl groups is 1. The molecule has 0 spiro atoms. The topological polar surface area (TPSA) is 58.6 Å². The molecule has 0 unspecified atom stereocenters. The zero-order valence-corrected chi connectivity index (χ0v) is 19.8. The van der Waals surface area contributed by atoms with E-state index in [1.807, 2.05) is 36.4 Å². The number of aliphatic hydroxyl groups excluding tert-OH is 1. The fourth-order valence-corrected chi connectivity index (χ4v) is 6.43. The quantitative estimate of drug-likeness (QED) is 0.456. The Labute approximate surface area is 196 Å². The minimum atomic E-state index is -0.346. The first-order valence-corrected chi connectivity index (χ1v) is 12.0. The van der Waals surface area contributed by atoms with Gasteiger partial charge >= 0.3 is 5.97 Å². The fraction of sp³-hybridized carbons (Fsp3) is 0.519. The smallest absolute Gasteiger partial charge is 0.338 e. The third kappa shape index (κ3) is 4.33. The first-order valence-electron chi connectivity index (χ1n) is 11.6. The van der Waals surface area contributed by atoms with Crippen molar-refractivity contribution >= 4 is 17.6 Å². The van der Waals surface area contributed by atoms with E-state index in [-0.39, 0.29) is 28.8 Å². The Balaban J connectivity index is 1.52. The maximum absolute atomic E-state index is 11.9. The number of cyclic esters (lactones) is 1. The summed E-state index contributed by atoms with van der Waals surface area (Å²) >= 11 is 6.01. The number of allylic oxidation sites excluding steroid dienone is 2. The van der Waals surface area contributed by atoms with E-state index < -0.39 is 0 Å². The summed E-state index contributed by atoms with van der Waals surface area (Å²) in [6.45, 7) is 10.8. The normalized spacial score (nSPS) is 35.0. The van der Waals surface area contributed by atoms with Crippen LogP contribution >= 0.6 is 11.6 Å². The second kappa shape index (κ2) is 9.17. The highest BCUT2D eigenvalue weighted by Crippen LogP contribution is 2.61. The molecule has 172 valence electrons. The summed E-state index contributed by atoms with van der Waals surface area (Å²) < 4.78 is 5.04. The van der Waals surface area contributed by atoms with Crippen LogP contribution < -0.4 is 5.32 Å². The number of hydrogen-bond donors (Lipinski definition) is 2. The highest BCUT2D eigenvalue weighted by atomic mass is 35.5. The summed E-state index contributed by atoms with van der Waals surface area (Å²) in [4.78, 5) is 11.9. The Morgan fingerprint density at radius 3 is 2.72 bits per heavy atom. The molecule has 1 aromatic rings. The molecule has 2 saturated carbocycles. The number of ether oxygens (including phenoxy) is 1.